The molecule has 17 heavy (non-hydrogen) atoms. The predicted octanol–water partition coefficient (Wildman–Crippen LogP) is 2.56. The number of methoxy groups -OCH3 is 1. The van der Waals surface area contributed by atoms with E-state index in [2.05, 4.69) is 31.1 Å². The lowest BCUT2D eigenvalue weighted by atomic mass is 10.1. The summed E-state index contributed by atoms with van der Waals surface area (Å²) in [4.78, 5) is 4.22. The molecule has 1 aromatic heterocycles. The minimum absolute atomic E-state index is 0.428. The predicted molar refractivity (Wildman–Crippen MR) is 69.5 cm³/mol. The third-order valence-electron chi connectivity index (χ3n) is 2.67. The van der Waals surface area contributed by atoms with Gasteiger partial charge in [0.1, 0.15) is 6.61 Å². The van der Waals surface area contributed by atoms with Crippen LogP contribution >= 0.6 is 0 Å². The minimum Gasteiger partial charge on any atom is -0.475 e. The first-order valence-corrected chi connectivity index (χ1v) is 5.97. The first kappa shape index (κ1) is 13.8. The summed E-state index contributed by atoms with van der Waals surface area (Å²) in [5, 5.41) is 3.39. The second-order valence-corrected chi connectivity index (χ2v) is 4.40. The molecule has 0 saturated heterocycles. The molecule has 4 heteroatoms. The van der Waals surface area contributed by atoms with Crippen LogP contribution in [0, 0.1) is 5.92 Å². The van der Waals surface area contributed by atoms with Gasteiger partial charge in [-0.05, 0) is 18.9 Å². The quantitative estimate of drug-likeness (QED) is 0.741. The fraction of sp³-hybridized carbons (Fsp3) is 0.615. The number of ether oxygens (including phenoxy) is 2. The zero-order valence-electron chi connectivity index (χ0n) is 11.1. The Morgan fingerprint density at radius 2 is 2.00 bits per heavy atom. The summed E-state index contributed by atoms with van der Waals surface area (Å²) in [6, 6.07) is 4.27. The fourth-order valence-electron chi connectivity index (χ4n) is 1.21. The van der Waals surface area contributed by atoms with Gasteiger partial charge in [-0.1, -0.05) is 13.8 Å². The van der Waals surface area contributed by atoms with E-state index >= 15 is 0 Å². The molecule has 0 aliphatic heterocycles. The molecular weight excluding hydrogens is 216 g/mol. The molecule has 1 rings (SSSR count). The Morgan fingerprint density at radius 3 is 2.53 bits per heavy atom. The van der Waals surface area contributed by atoms with Crippen LogP contribution in [0.2, 0.25) is 0 Å². The highest BCUT2D eigenvalue weighted by Gasteiger charge is 2.06. The van der Waals surface area contributed by atoms with E-state index in [9.17, 15) is 0 Å². The summed E-state index contributed by atoms with van der Waals surface area (Å²) in [5.41, 5.74) is 1.02. The highest BCUT2D eigenvalue weighted by atomic mass is 16.5. The Kier molecular flexibility index (Phi) is 5.77. The van der Waals surface area contributed by atoms with E-state index in [-0.39, 0.29) is 0 Å². The Bertz CT molecular complexity index is 312. The van der Waals surface area contributed by atoms with Crippen LogP contribution in [0.1, 0.15) is 20.8 Å². The molecule has 96 valence electrons. The average molecular weight is 238 g/mol. The molecule has 1 heterocycles. The van der Waals surface area contributed by atoms with Crippen LogP contribution < -0.4 is 10.1 Å². The van der Waals surface area contributed by atoms with Crippen molar-refractivity contribution in [2.45, 2.75) is 26.8 Å². The summed E-state index contributed by atoms with van der Waals surface area (Å²) in [6.07, 6.45) is 1.79. The van der Waals surface area contributed by atoms with Crippen molar-refractivity contribution in [3.8, 4) is 5.88 Å². The summed E-state index contributed by atoms with van der Waals surface area (Å²) < 4.78 is 10.3. The average Bonchev–Trinajstić information content (AvgIpc) is 2.31. The van der Waals surface area contributed by atoms with Crippen molar-refractivity contribution in [1.82, 2.24) is 4.98 Å². The van der Waals surface area contributed by atoms with Crippen molar-refractivity contribution in [1.29, 1.82) is 0 Å². The number of hydrogen-bond acceptors (Lipinski definition) is 4. The standard InChI is InChI=1S/C13H22N2O2/c1-10(2)11(3)15-12-5-6-13(14-9-12)17-8-7-16-4/h5-6,9-11,15H,7-8H2,1-4H3. The Labute approximate surface area is 103 Å². The molecule has 0 fully saturated rings. The zero-order chi connectivity index (χ0) is 12.7. The van der Waals surface area contributed by atoms with Crippen LogP contribution in [-0.4, -0.2) is 31.3 Å². The minimum atomic E-state index is 0.428. The van der Waals surface area contributed by atoms with E-state index < -0.39 is 0 Å². The monoisotopic (exact) mass is 238 g/mol. The van der Waals surface area contributed by atoms with Crippen molar-refractivity contribution < 1.29 is 9.47 Å². The van der Waals surface area contributed by atoms with Gasteiger partial charge in [0.25, 0.3) is 0 Å². The van der Waals surface area contributed by atoms with Crippen LogP contribution in [0.5, 0.6) is 5.88 Å². The van der Waals surface area contributed by atoms with E-state index in [0.717, 1.165) is 5.69 Å². The second-order valence-electron chi connectivity index (χ2n) is 4.40. The molecule has 0 radical (unpaired) electrons. The maximum absolute atomic E-state index is 5.39. The number of anilines is 1. The van der Waals surface area contributed by atoms with Crippen molar-refractivity contribution in [2.24, 2.45) is 5.92 Å². The summed E-state index contributed by atoms with van der Waals surface area (Å²) in [6.45, 7) is 7.64. The number of nitrogens with zero attached hydrogens (tertiary/aromatic N) is 1. The van der Waals surface area contributed by atoms with Crippen molar-refractivity contribution in [3.05, 3.63) is 18.3 Å². The van der Waals surface area contributed by atoms with Crippen LogP contribution in [0.3, 0.4) is 0 Å². The van der Waals surface area contributed by atoms with Gasteiger partial charge in [0, 0.05) is 19.2 Å². The number of nitrogens with one attached hydrogen (secondary N) is 1. The lowest BCUT2D eigenvalue weighted by Gasteiger charge is -2.18. The van der Waals surface area contributed by atoms with Crippen molar-refractivity contribution in [2.75, 3.05) is 25.6 Å². The van der Waals surface area contributed by atoms with E-state index in [4.69, 9.17) is 9.47 Å². The molecule has 0 amide bonds. The second kappa shape index (κ2) is 7.12. The van der Waals surface area contributed by atoms with Crippen LogP contribution in [0.25, 0.3) is 0 Å². The third-order valence-corrected chi connectivity index (χ3v) is 2.67. The van der Waals surface area contributed by atoms with Crippen LogP contribution in [-0.2, 0) is 4.74 Å². The first-order valence-electron chi connectivity index (χ1n) is 5.97. The van der Waals surface area contributed by atoms with Gasteiger partial charge >= 0.3 is 0 Å². The molecule has 0 spiro atoms. The molecular formula is C13H22N2O2. The first-order chi connectivity index (χ1) is 8.13. The number of rotatable bonds is 7. The number of pyridine rings is 1. The summed E-state index contributed by atoms with van der Waals surface area (Å²) >= 11 is 0. The molecule has 0 saturated carbocycles. The van der Waals surface area contributed by atoms with Crippen LogP contribution in [0.4, 0.5) is 5.69 Å². The van der Waals surface area contributed by atoms with Gasteiger partial charge in [0.15, 0.2) is 0 Å². The fourth-order valence-corrected chi connectivity index (χ4v) is 1.21. The Morgan fingerprint density at radius 1 is 1.24 bits per heavy atom. The van der Waals surface area contributed by atoms with E-state index in [1.54, 1.807) is 13.3 Å². The molecule has 1 aromatic rings. The van der Waals surface area contributed by atoms with E-state index in [1.807, 2.05) is 12.1 Å². The SMILES string of the molecule is COCCOc1ccc(NC(C)C(C)C)cn1. The van der Waals surface area contributed by atoms with Gasteiger partial charge < -0.3 is 14.8 Å². The molecule has 1 N–H and O–H groups in total. The smallest absolute Gasteiger partial charge is 0.213 e. The van der Waals surface area contributed by atoms with E-state index in [0.29, 0.717) is 31.1 Å². The van der Waals surface area contributed by atoms with Gasteiger partial charge in [-0.25, -0.2) is 4.98 Å². The molecule has 1 atom stereocenters. The van der Waals surface area contributed by atoms with Gasteiger partial charge in [-0.3, -0.25) is 0 Å². The molecule has 0 aliphatic carbocycles. The highest BCUT2D eigenvalue weighted by molar-refractivity contribution is 5.42. The molecule has 0 aliphatic rings. The lowest BCUT2D eigenvalue weighted by molar-refractivity contribution is 0.144. The topological polar surface area (TPSA) is 43.4 Å². The Balaban J connectivity index is 2.44. The number of aromatic nitrogens is 1. The maximum atomic E-state index is 5.39. The van der Waals surface area contributed by atoms with Crippen molar-refractivity contribution in [3.63, 3.8) is 0 Å². The van der Waals surface area contributed by atoms with E-state index in [1.165, 1.54) is 0 Å². The van der Waals surface area contributed by atoms with Crippen molar-refractivity contribution >= 4 is 5.69 Å². The molecule has 4 nitrogen and oxygen atoms in total. The van der Waals surface area contributed by atoms with Gasteiger partial charge in [0.05, 0.1) is 18.5 Å². The van der Waals surface area contributed by atoms with Gasteiger partial charge in [-0.15, -0.1) is 0 Å². The van der Waals surface area contributed by atoms with Gasteiger partial charge in [0.2, 0.25) is 5.88 Å². The third kappa shape index (κ3) is 5.04. The molecule has 0 aromatic carbocycles. The Hall–Kier alpha value is -1.29. The van der Waals surface area contributed by atoms with Gasteiger partial charge in [-0.2, -0.15) is 0 Å². The summed E-state index contributed by atoms with van der Waals surface area (Å²) in [5.74, 6) is 1.22. The van der Waals surface area contributed by atoms with Crippen LogP contribution in [0.15, 0.2) is 18.3 Å². The maximum Gasteiger partial charge on any atom is 0.213 e. The normalized spacial score (nSPS) is 12.5. The largest absolute Gasteiger partial charge is 0.475 e. The zero-order valence-corrected chi connectivity index (χ0v) is 11.1. The molecule has 1 unspecified atom stereocenters. The highest BCUT2D eigenvalue weighted by Crippen LogP contribution is 2.14. The summed E-state index contributed by atoms with van der Waals surface area (Å²) in [7, 11) is 1.65. The lowest BCUT2D eigenvalue weighted by Crippen LogP contribution is -2.21. The number of hydrogen-bond donors (Lipinski definition) is 1. The molecule has 0 bridgehead atoms.